The summed E-state index contributed by atoms with van der Waals surface area (Å²) >= 11 is 0. The molecule has 272 valence electrons. The van der Waals surface area contributed by atoms with Crippen LogP contribution in [0, 0.1) is 11.3 Å². The first-order valence-electron chi connectivity index (χ1n) is 19.6. The van der Waals surface area contributed by atoms with E-state index >= 15 is 0 Å². The number of hydrogen-bond acceptors (Lipinski definition) is 4. The Labute approximate surface area is 335 Å². The number of benzene rings is 7. The maximum absolute atomic E-state index is 10.5. The lowest BCUT2D eigenvalue weighted by Gasteiger charge is -2.15. The monoisotopic (exact) mass is 742 g/mol. The van der Waals surface area contributed by atoms with Crippen molar-refractivity contribution >= 4 is 49.3 Å². The Hall–Kier alpha value is -7.88. The van der Waals surface area contributed by atoms with E-state index in [0.29, 0.717) is 23.0 Å². The van der Waals surface area contributed by atoms with Crippen molar-refractivity contribution in [1.29, 1.82) is 5.26 Å². The molecular formula is C52H34N6. The molecule has 58 heavy (non-hydrogen) atoms. The van der Waals surface area contributed by atoms with Gasteiger partial charge in [-0.1, -0.05) is 133 Å². The summed E-state index contributed by atoms with van der Waals surface area (Å²) in [4.78, 5) is 15.3. The summed E-state index contributed by atoms with van der Waals surface area (Å²) < 4.78 is 4.70. The van der Waals surface area contributed by atoms with Crippen LogP contribution in [-0.4, -0.2) is 24.1 Å². The van der Waals surface area contributed by atoms with E-state index in [1.165, 1.54) is 5.70 Å². The summed E-state index contributed by atoms with van der Waals surface area (Å²) in [6, 6.07) is 58.9. The minimum absolute atomic E-state index is 0.591. The van der Waals surface area contributed by atoms with E-state index < -0.39 is 0 Å². The molecule has 10 aromatic rings. The molecule has 0 atom stereocenters. The Morgan fingerprint density at radius 2 is 1.05 bits per heavy atom. The number of rotatable bonds is 6. The van der Waals surface area contributed by atoms with Gasteiger partial charge in [-0.25, -0.2) is 15.0 Å². The lowest BCUT2D eigenvalue weighted by atomic mass is 9.94. The normalized spacial score (nSPS) is 12.7. The molecule has 0 spiro atoms. The number of hydrogen-bond donors (Lipinski definition) is 0. The Balaban J connectivity index is 1.19. The molecule has 6 nitrogen and oxygen atoms in total. The van der Waals surface area contributed by atoms with Crippen molar-refractivity contribution in [2.24, 2.45) is 0 Å². The molecule has 1 aliphatic carbocycles. The topological polar surface area (TPSA) is 72.3 Å². The molecule has 7 aromatic carbocycles. The summed E-state index contributed by atoms with van der Waals surface area (Å²) in [7, 11) is 0. The number of para-hydroxylation sites is 3. The summed E-state index contributed by atoms with van der Waals surface area (Å²) in [5.41, 5.74) is 11.9. The molecule has 0 amide bonds. The van der Waals surface area contributed by atoms with Gasteiger partial charge in [0.1, 0.15) is 0 Å². The molecule has 0 fully saturated rings. The fraction of sp³-hybridized carbons (Fsp3) is 0.0385. The highest BCUT2D eigenvalue weighted by atomic mass is 15.1. The average molecular weight is 743 g/mol. The number of aromatic nitrogens is 5. The van der Waals surface area contributed by atoms with Crippen molar-refractivity contribution in [3.63, 3.8) is 0 Å². The second-order valence-electron chi connectivity index (χ2n) is 14.6. The highest BCUT2D eigenvalue weighted by molar-refractivity contribution is 6.22. The van der Waals surface area contributed by atoms with E-state index in [9.17, 15) is 5.26 Å². The van der Waals surface area contributed by atoms with E-state index in [-0.39, 0.29) is 0 Å². The number of allylic oxidation sites excluding steroid dienone is 4. The van der Waals surface area contributed by atoms with Crippen LogP contribution in [0.15, 0.2) is 182 Å². The van der Waals surface area contributed by atoms with E-state index in [1.807, 2.05) is 66.7 Å². The number of nitriles is 1. The van der Waals surface area contributed by atoms with E-state index in [0.717, 1.165) is 90.0 Å². The van der Waals surface area contributed by atoms with Gasteiger partial charge in [-0.3, -0.25) is 0 Å². The van der Waals surface area contributed by atoms with Crippen molar-refractivity contribution in [1.82, 2.24) is 24.1 Å². The van der Waals surface area contributed by atoms with Gasteiger partial charge in [-0.05, 0) is 72.5 Å². The van der Waals surface area contributed by atoms with Crippen molar-refractivity contribution in [3.05, 3.63) is 188 Å². The van der Waals surface area contributed by atoms with Crippen LogP contribution in [0.3, 0.4) is 0 Å². The molecule has 6 heteroatoms. The average Bonchev–Trinajstić information content (AvgIpc) is 3.82. The Morgan fingerprint density at radius 1 is 0.483 bits per heavy atom. The van der Waals surface area contributed by atoms with Gasteiger partial charge in [-0.15, -0.1) is 0 Å². The van der Waals surface area contributed by atoms with E-state index in [1.54, 1.807) is 0 Å². The first kappa shape index (κ1) is 33.5. The summed E-state index contributed by atoms with van der Waals surface area (Å²) in [6.07, 6.45) is 8.47. The predicted octanol–water partition coefficient (Wildman–Crippen LogP) is 12.8. The molecule has 0 aliphatic heterocycles. The first-order valence-corrected chi connectivity index (χ1v) is 19.6. The second-order valence-corrected chi connectivity index (χ2v) is 14.6. The SMILES string of the molecule is N#Cc1cc(-c2cccc3c2c2ccccc2n3-c2ccccc2-c2nc(-c3ccccc3)nc(-c3ccccc3)n2)c2c3ccccc3n(C3=CC=CCC3)c2c1. The largest absolute Gasteiger partial charge is 0.313 e. The molecule has 0 saturated carbocycles. The van der Waals surface area contributed by atoms with Gasteiger partial charge >= 0.3 is 0 Å². The van der Waals surface area contributed by atoms with Crippen LogP contribution < -0.4 is 0 Å². The molecule has 0 saturated heterocycles. The van der Waals surface area contributed by atoms with Crippen molar-refractivity contribution in [2.45, 2.75) is 12.8 Å². The van der Waals surface area contributed by atoms with Gasteiger partial charge in [0.25, 0.3) is 0 Å². The minimum Gasteiger partial charge on any atom is -0.313 e. The molecule has 1 aliphatic rings. The fourth-order valence-electron chi connectivity index (χ4n) is 8.75. The standard InChI is InChI=1S/C52H34N6/c53-33-34-31-42(49-39-23-10-13-27-43(39)57(47(49)32-34)37-21-8-3-9-22-37)38-26-16-30-46-48(38)40-24-11-14-28-44(40)58(46)45-29-15-12-25-41(45)52-55-50(35-17-4-1-5-18-35)54-51(56-52)36-19-6-2-7-20-36/h1-8,10-21,23-32H,9,22H2. The summed E-state index contributed by atoms with van der Waals surface area (Å²) in [6.45, 7) is 0. The fourth-order valence-corrected chi connectivity index (χ4v) is 8.75. The molecule has 0 bridgehead atoms. The van der Waals surface area contributed by atoms with Crippen LogP contribution in [0.25, 0.3) is 100 Å². The van der Waals surface area contributed by atoms with Gasteiger partial charge in [-0.2, -0.15) is 5.26 Å². The number of fused-ring (bicyclic) bond motifs is 6. The van der Waals surface area contributed by atoms with Gasteiger partial charge in [0.05, 0.1) is 39.4 Å². The molecule has 0 radical (unpaired) electrons. The Kier molecular flexibility index (Phi) is 7.90. The number of nitrogens with zero attached hydrogens (tertiary/aromatic N) is 6. The van der Waals surface area contributed by atoms with Gasteiger partial charge < -0.3 is 9.13 Å². The zero-order valence-electron chi connectivity index (χ0n) is 31.4. The highest BCUT2D eigenvalue weighted by Gasteiger charge is 2.24. The Bertz CT molecular complexity index is 3290. The van der Waals surface area contributed by atoms with Crippen LogP contribution in [0.1, 0.15) is 18.4 Å². The van der Waals surface area contributed by atoms with E-state index in [2.05, 4.69) is 130 Å². The molecule has 0 unspecified atom stereocenters. The molecule has 11 rings (SSSR count). The summed E-state index contributed by atoms with van der Waals surface area (Å²) in [5, 5.41) is 15.0. The van der Waals surface area contributed by atoms with Crippen LogP contribution in [0.4, 0.5) is 0 Å². The molecule has 0 N–H and O–H groups in total. The maximum atomic E-state index is 10.5. The lowest BCUT2D eigenvalue weighted by Crippen LogP contribution is -2.03. The molecule has 3 heterocycles. The van der Waals surface area contributed by atoms with Crippen molar-refractivity contribution < 1.29 is 0 Å². The van der Waals surface area contributed by atoms with Gasteiger partial charge in [0, 0.05) is 43.9 Å². The highest BCUT2D eigenvalue weighted by Crippen LogP contribution is 2.45. The minimum atomic E-state index is 0.591. The van der Waals surface area contributed by atoms with Crippen molar-refractivity contribution in [2.75, 3.05) is 0 Å². The third-order valence-corrected chi connectivity index (χ3v) is 11.3. The second kappa shape index (κ2) is 13.7. The maximum Gasteiger partial charge on any atom is 0.166 e. The quantitative estimate of drug-likeness (QED) is 0.170. The molecule has 3 aromatic heterocycles. The van der Waals surface area contributed by atoms with Crippen LogP contribution in [0.5, 0.6) is 0 Å². The summed E-state index contributed by atoms with van der Waals surface area (Å²) in [5.74, 6) is 1.82. The lowest BCUT2D eigenvalue weighted by molar-refractivity contribution is 0.979. The third-order valence-electron chi connectivity index (χ3n) is 11.3. The van der Waals surface area contributed by atoms with Crippen LogP contribution in [-0.2, 0) is 0 Å². The van der Waals surface area contributed by atoms with Crippen LogP contribution in [0.2, 0.25) is 0 Å². The zero-order valence-corrected chi connectivity index (χ0v) is 31.4. The van der Waals surface area contributed by atoms with Gasteiger partial charge in [0.2, 0.25) is 0 Å². The van der Waals surface area contributed by atoms with Crippen LogP contribution >= 0.6 is 0 Å². The van der Waals surface area contributed by atoms with E-state index in [4.69, 9.17) is 15.0 Å². The Morgan fingerprint density at radius 3 is 1.72 bits per heavy atom. The molecular weight excluding hydrogens is 709 g/mol. The smallest absolute Gasteiger partial charge is 0.166 e. The van der Waals surface area contributed by atoms with Crippen molar-refractivity contribution in [3.8, 4) is 57.0 Å². The first-order chi connectivity index (χ1) is 28.7. The van der Waals surface area contributed by atoms with Gasteiger partial charge in [0.15, 0.2) is 17.5 Å². The zero-order chi connectivity index (χ0) is 38.6. The predicted molar refractivity (Wildman–Crippen MR) is 236 cm³/mol. The third kappa shape index (κ3) is 5.36.